The van der Waals surface area contributed by atoms with Gasteiger partial charge in [0.15, 0.2) is 0 Å². The molecule has 0 fully saturated rings. The van der Waals surface area contributed by atoms with Crippen LogP contribution in [-0.4, -0.2) is 13.0 Å². The molecule has 0 saturated heterocycles. The molecule has 3 nitrogen and oxygen atoms in total. The minimum Gasteiger partial charge on any atom is -0.496 e. The summed E-state index contributed by atoms with van der Waals surface area (Å²) in [5, 5.41) is 2.97. The summed E-state index contributed by atoms with van der Waals surface area (Å²) in [6, 6.07) is 9.74. The molecule has 0 heterocycles. The van der Waals surface area contributed by atoms with Crippen LogP contribution in [0.3, 0.4) is 0 Å². The third kappa shape index (κ3) is 3.94. The van der Waals surface area contributed by atoms with E-state index in [9.17, 15) is 9.18 Å². The molecule has 1 amide bonds. The summed E-state index contributed by atoms with van der Waals surface area (Å²) in [6.45, 7) is 7.91. The van der Waals surface area contributed by atoms with Gasteiger partial charge in [-0.1, -0.05) is 26.0 Å². The molecule has 0 aliphatic carbocycles. The van der Waals surface area contributed by atoms with Gasteiger partial charge in [0, 0.05) is 5.56 Å². The van der Waals surface area contributed by atoms with E-state index < -0.39 is 0 Å². The van der Waals surface area contributed by atoms with Gasteiger partial charge in [-0.3, -0.25) is 4.79 Å². The number of halogens is 1. The largest absolute Gasteiger partial charge is 0.496 e. The second-order valence-electron chi connectivity index (χ2n) is 6.31. The van der Waals surface area contributed by atoms with Crippen molar-refractivity contribution >= 4 is 5.91 Å². The van der Waals surface area contributed by atoms with E-state index in [0.29, 0.717) is 5.56 Å². The average Bonchev–Trinajstić information content (AvgIpc) is 2.54. The summed E-state index contributed by atoms with van der Waals surface area (Å²) in [7, 11) is 1.64. The van der Waals surface area contributed by atoms with Gasteiger partial charge in [0.25, 0.3) is 5.91 Å². The maximum atomic E-state index is 13.0. The molecule has 2 rings (SSSR count). The summed E-state index contributed by atoms with van der Waals surface area (Å²) in [4.78, 5) is 12.7. The van der Waals surface area contributed by atoms with Crippen LogP contribution < -0.4 is 10.1 Å². The fraction of sp³-hybridized carbons (Fsp3) is 0.350. The topological polar surface area (TPSA) is 38.3 Å². The maximum absolute atomic E-state index is 13.0. The van der Waals surface area contributed by atoms with E-state index in [2.05, 4.69) is 19.2 Å². The Bertz CT molecular complexity index is 723. The third-order valence-electron chi connectivity index (χ3n) is 4.16. The van der Waals surface area contributed by atoms with Gasteiger partial charge in [-0.15, -0.1) is 0 Å². The highest BCUT2D eigenvalue weighted by atomic mass is 19.1. The number of nitrogens with one attached hydrogen (secondary N) is 1. The SMILES string of the molecule is COc1cc(C)c(C(=O)N[C@@H](C)c2ccc(F)cc2)cc1C(C)C. The van der Waals surface area contributed by atoms with Crippen molar-refractivity contribution in [3.8, 4) is 5.75 Å². The molecule has 0 spiro atoms. The van der Waals surface area contributed by atoms with Crippen molar-refractivity contribution in [1.82, 2.24) is 5.32 Å². The molecule has 0 radical (unpaired) electrons. The lowest BCUT2D eigenvalue weighted by Crippen LogP contribution is -2.27. The van der Waals surface area contributed by atoms with Crippen molar-refractivity contribution in [3.63, 3.8) is 0 Å². The minimum atomic E-state index is -0.287. The number of benzene rings is 2. The fourth-order valence-corrected chi connectivity index (χ4v) is 2.68. The molecule has 0 aliphatic heterocycles. The molecule has 0 unspecified atom stereocenters. The van der Waals surface area contributed by atoms with Crippen LogP contribution in [0, 0.1) is 12.7 Å². The Hall–Kier alpha value is -2.36. The lowest BCUT2D eigenvalue weighted by molar-refractivity contribution is 0.0939. The molecule has 24 heavy (non-hydrogen) atoms. The molecule has 0 bridgehead atoms. The number of carbonyl (C=O) groups is 1. The first-order valence-electron chi connectivity index (χ1n) is 8.08. The molecule has 4 heteroatoms. The molecule has 1 N–H and O–H groups in total. The van der Waals surface area contributed by atoms with Crippen LogP contribution >= 0.6 is 0 Å². The molecule has 0 saturated carbocycles. The zero-order valence-electron chi connectivity index (χ0n) is 14.8. The standard InChI is InChI=1S/C20H24FNO2/c1-12(2)17-11-18(13(3)10-19(17)24-5)20(23)22-14(4)15-6-8-16(21)9-7-15/h6-12,14H,1-5H3,(H,22,23)/t14-/m0/s1. The van der Waals surface area contributed by atoms with Gasteiger partial charge in [0.2, 0.25) is 0 Å². The van der Waals surface area contributed by atoms with Gasteiger partial charge < -0.3 is 10.1 Å². The number of ether oxygens (including phenoxy) is 1. The summed E-state index contributed by atoms with van der Waals surface area (Å²) in [5.74, 6) is 0.617. The second kappa shape index (κ2) is 7.47. The molecular weight excluding hydrogens is 305 g/mol. The number of hydrogen-bond acceptors (Lipinski definition) is 2. The Balaban J connectivity index is 2.26. The van der Waals surface area contributed by atoms with Gasteiger partial charge in [0.1, 0.15) is 11.6 Å². The first-order chi connectivity index (χ1) is 11.3. The van der Waals surface area contributed by atoms with Gasteiger partial charge in [-0.2, -0.15) is 0 Å². The first kappa shape index (κ1) is 18.0. The minimum absolute atomic E-state index is 0.145. The maximum Gasteiger partial charge on any atom is 0.252 e. The van der Waals surface area contributed by atoms with Crippen molar-refractivity contribution in [2.75, 3.05) is 7.11 Å². The highest BCUT2D eigenvalue weighted by Gasteiger charge is 2.17. The predicted octanol–water partition coefficient (Wildman–Crippen LogP) is 4.76. The Morgan fingerprint density at radius 3 is 2.29 bits per heavy atom. The van der Waals surface area contributed by atoms with Crippen molar-refractivity contribution in [2.24, 2.45) is 0 Å². The lowest BCUT2D eigenvalue weighted by atomic mass is 9.95. The number of hydrogen-bond donors (Lipinski definition) is 1. The van der Waals surface area contributed by atoms with E-state index in [-0.39, 0.29) is 23.7 Å². The van der Waals surface area contributed by atoms with E-state index in [4.69, 9.17) is 4.74 Å². The fourth-order valence-electron chi connectivity index (χ4n) is 2.68. The summed E-state index contributed by atoms with van der Waals surface area (Å²) >= 11 is 0. The van der Waals surface area contributed by atoms with Gasteiger partial charge in [-0.05, 0) is 60.7 Å². The smallest absolute Gasteiger partial charge is 0.252 e. The Labute approximate surface area is 142 Å². The van der Waals surface area contributed by atoms with Crippen LogP contribution in [-0.2, 0) is 0 Å². The predicted molar refractivity (Wildman–Crippen MR) is 94.1 cm³/mol. The zero-order chi connectivity index (χ0) is 17.9. The van der Waals surface area contributed by atoms with E-state index in [1.54, 1.807) is 19.2 Å². The van der Waals surface area contributed by atoms with Crippen molar-refractivity contribution < 1.29 is 13.9 Å². The molecular formula is C20H24FNO2. The van der Waals surface area contributed by atoms with Crippen molar-refractivity contribution in [2.45, 2.75) is 39.7 Å². The van der Waals surface area contributed by atoms with Crippen LogP contribution in [0.4, 0.5) is 4.39 Å². The number of methoxy groups -OCH3 is 1. The molecule has 2 aromatic rings. The van der Waals surface area contributed by atoms with Crippen LogP contribution in [0.5, 0.6) is 5.75 Å². The molecule has 2 aromatic carbocycles. The molecule has 0 aromatic heterocycles. The van der Waals surface area contributed by atoms with Crippen molar-refractivity contribution in [1.29, 1.82) is 0 Å². The Morgan fingerprint density at radius 2 is 1.75 bits per heavy atom. The Morgan fingerprint density at radius 1 is 1.12 bits per heavy atom. The summed E-state index contributed by atoms with van der Waals surface area (Å²) in [5.41, 5.74) is 3.36. The number of carbonyl (C=O) groups excluding carboxylic acids is 1. The van der Waals surface area contributed by atoms with Crippen molar-refractivity contribution in [3.05, 3.63) is 64.5 Å². The summed E-state index contributed by atoms with van der Waals surface area (Å²) in [6.07, 6.45) is 0. The quantitative estimate of drug-likeness (QED) is 0.859. The van der Waals surface area contributed by atoms with E-state index in [1.165, 1.54) is 12.1 Å². The second-order valence-corrected chi connectivity index (χ2v) is 6.31. The molecule has 0 aliphatic rings. The van der Waals surface area contributed by atoms with E-state index in [1.807, 2.05) is 26.0 Å². The van der Waals surface area contributed by atoms with Gasteiger partial charge in [0.05, 0.1) is 13.2 Å². The highest BCUT2D eigenvalue weighted by Crippen LogP contribution is 2.30. The lowest BCUT2D eigenvalue weighted by Gasteiger charge is -2.18. The third-order valence-corrected chi connectivity index (χ3v) is 4.16. The van der Waals surface area contributed by atoms with E-state index in [0.717, 1.165) is 22.4 Å². The monoisotopic (exact) mass is 329 g/mol. The van der Waals surface area contributed by atoms with Crippen LogP contribution in [0.2, 0.25) is 0 Å². The normalized spacial score (nSPS) is 12.1. The Kier molecular flexibility index (Phi) is 5.60. The average molecular weight is 329 g/mol. The molecule has 1 atom stereocenters. The van der Waals surface area contributed by atoms with Crippen LogP contribution in [0.1, 0.15) is 59.8 Å². The van der Waals surface area contributed by atoms with Crippen LogP contribution in [0.15, 0.2) is 36.4 Å². The van der Waals surface area contributed by atoms with Crippen LogP contribution in [0.25, 0.3) is 0 Å². The van der Waals surface area contributed by atoms with E-state index >= 15 is 0 Å². The summed E-state index contributed by atoms with van der Waals surface area (Å²) < 4.78 is 18.4. The zero-order valence-corrected chi connectivity index (χ0v) is 14.8. The number of aryl methyl sites for hydroxylation is 1. The number of amides is 1. The first-order valence-corrected chi connectivity index (χ1v) is 8.08. The highest BCUT2D eigenvalue weighted by molar-refractivity contribution is 5.96. The molecule has 128 valence electrons. The van der Waals surface area contributed by atoms with Gasteiger partial charge in [-0.25, -0.2) is 4.39 Å². The number of rotatable bonds is 5. The van der Waals surface area contributed by atoms with Gasteiger partial charge >= 0.3 is 0 Å².